The van der Waals surface area contributed by atoms with E-state index in [2.05, 4.69) is 10.3 Å². The molecule has 0 saturated carbocycles. The van der Waals surface area contributed by atoms with Crippen LogP contribution in [0.15, 0.2) is 104 Å². The van der Waals surface area contributed by atoms with Gasteiger partial charge < -0.3 is 15.0 Å². The third-order valence-electron chi connectivity index (χ3n) is 8.44. The van der Waals surface area contributed by atoms with E-state index < -0.39 is 23.4 Å². The van der Waals surface area contributed by atoms with Gasteiger partial charge in [-0.25, -0.2) is 0 Å². The molecular weight excluding hydrogens is 502 g/mol. The van der Waals surface area contributed by atoms with Gasteiger partial charge in [-0.2, -0.15) is 0 Å². The van der Waals surface area contributed by atoms with Crippen LogP contribution in [0.25, 0.3) is 6.08 Å². The molecule has 7 nitrogen and oxygen atoms in total. The van der Waals surface area contributed by atoms with Gasteiger partial charge in [-0.1, -0.05) is 54.6 Å². The molecule has 0 radical (unpaired) electrons. The van der Waals surface area contributed by atoms with Crippen LogP contribution >= 0.6 is 0 Å². The van der Waals surface area contributed by atoms with Gasteiger partial charge in [-0.3, -0.25) is 19.4 Å². The number of anilines is 1. The molecule has 3 aromatic carbocycles. The van der Waals surface area contributed by atoms with Crippen LogP contribution in [0.1, 0.15) is 43.4 Å². The molecule has 1 spiro atoms. The third-order valence-corrected chi connectivity index (χ3v) is 8.44. The van der Waals surface area contributed by atoms with Crippen molar-refractivity contribution in [2.24, 2.45) is 5.92 Å². The van der Waals surface area contributed by atoms with Crippen LogP contribution in [-0.4, -0.2) is 40.5 Å². The quantitative estimate of drug-likeness (QED) is 0.365. The minimum atomic E-state index is -1.36. The van der Waals surface area contributed by atoms with Gasteiger partial charge in [0.15, 0.2) is 11.6 Å². The van der Waals surface area contributed by atoms with Crippen molar-refractivity contribution in [3.8, 4) is 5.75 Å². The van der Waals surface area contributed by atoms with Crippen molar-refractivity contribution in [1.82, 2.24) is 9.88 Å². The summed E-state index contributed by atoms with van der Waals surface area (Å²) in [4.78, 5) is 49.6. The lowest BCUT2D eigenvalue weighted by molar-refractivity contribution is -0.122. The molecule has 4 aromatic rings. The number of nitrogens with one attached hydrogen (secondary N) is 1. The van der Waals surface area contributed by atoms with Gasteiger partial charge in [-0.05, 0) is 53.1 Å². The number of methoxy groups -OCH3 is 1. The van der Waals surface area contributed by atoms with Crippen molar-refractivity contribution in [3.63, 3.8) is 0 Å². The highest BCUT2D eigenvalue weighted by Crippen LogP contribution is 2.62. The monoisotopic (exact) mass is 527 g/mol. The Morgan fingerprint density at radius 3 is 2.50 bits per heavy atom. The van der Waals surface area contributed by atoms with E-state index in [-0.39, 0.29) is 17.5 Å². The molecule has 40 heavy (non-hydrogen) atoms. The molecule has 3 aliphatic rings. The predicted molar refractivity (Wildman–Crippen MR) is 150 cm³/mol. The highest BCUT2D eigenvalue weighted by atomic mass is 16.5. The summed E-state index contributed by atoms with van der Waals surface area (Å²) in [5.41, 5.74) is 2.66. The van der Waals surface area contributed by atoms with Gasteiger partial charge in [0, 0.05) is 35.4 Å². The second-order valence-electron chi connectivity index (χ2n) is 10.3. The van der Waals surface area contributed by atoms with Crippen molar-refractivity contribution in [2.45, 2.75) is 17.5 Å². The lowest BCUT2D eigenvalue weighted by atomic mass is 9.62. The number of carbonyl (C=O) groups is 3. The van der Waals surface area contributed by atoms with Gasteiger partial charge in [0.05, 0.1) is 19.1 Å². The molecule has 1 saturated heterocycles. The van der Waals surface area contributed by atoms with Gasteiger partial charge >= 0.3 is 0 Å². The maximum atomic E-state index is 14.7. The summed E-state index contributed by atoms with van der Waals surface area (Å²) in [5, 5.41) is 3.06. The summed E-state index contributed by atoms with van der Waals surface area (Å²) in [5.74, 6) is -1.32. The molecule has 0 unspecified atom stereocenters. The first-order valence-corrected chi connectivity index (χ1v) is 13.1. The van der Waals surface area contributed by atoms with E-state index in [0.29, 0.717) is 28.1 Å². The van der Waals surface area contributed by atoms with Crippen LogP contribution in [0.3, 0.4) is 0 Å². The molecule has 4 atom stereocenters. The molecule has 1 amide bonds. The number of benzene rings is 3. The molecular formula is C33H25N3O4. The van der Waals surface area contributed by atoms with E-state index >= 15 is 0 Å². The number of fused-ring (bicyclic) bond motifs is 6. The van der Waals surface area contributed by atoms with E-state index in [9.17, 15) is 14.4 Å². The Balaban J connectivity index is 1.54. The number of ether oxygens (including phenoxy) is 1. The maximum absolute atomic E-state index is 14.7. The number of nitrogens with zero attached hydrogens (tertiary/aromatic N) is 2. The van der Waals surface area contributed by atoms with Crippen molar-refractivity contribution in [2.75, 3.05) is 12.4 Å². The number of carbonyl (C=O) groups excluding carboxylic acids is 3. The van der Waals surface area contributed by atoms with Gasteiger partial charge in [0.25, 0.3) is 0 Å². The van der Waals surface area contributed by atoms with E-state index in [1.165, 1.54) is 0 Å². The summed E-state index contributed by atoms with van der Waals surface area (Å²) in [6.07, 6.45) is 6.92. The lowest BCUT2D eigenvalue weighted by Crippen LogP contribution is -2.49. The van der Waals surface area contributed by atoms with E-state index in [1.807, 2.05) is 65.7 Å². The number of hydrogen-bond donors (Lipinski definition) is 1. The number of para-hydroxylation sites is 1. The molecule has 0 aliphatic carbocycles. The zero-order chi connectivity index (χ0) is 27.4. The SMILES string of the molecule is COc1cccc(C(=O)[C@@H]2[C@@H](C(=O)c3ccncc3)[C@@]3(C(=O)Nc4ccccc43)[C@H]3c4ccccc4C=CN23)c1. The minimum Gasteiger partial charge on any atom is -0.497 e. The van der Waals surface area contributed by atoms with Crippen LogP contribution in [0, 0.1) is 5.92 Å². The molecule has 1 aromatic heterocycles. The first-order chi connectivity index (χ1) is 19.6. The zero-order valence-corrected chi connectivity index (χ0v) is 21.7. The van der Waals surface area contributed by atoms with Crippen molar-refractivity contribution < 1.29 is 19.1 Å². The molecule has 1 N–H and O–H groups in total. The normalized spacial score (nSPS) is 23.8. The van der Waals surface area contributed by atoms with Gasteiger partial charge in [0.2, 0.25) is 5.91 Å². The Hall–Kier alpha value is -5.04. The molecule has 1 fully saturated rings. The minimum absolute atomic E-state index is 0.255. The van der Waals surface area contributed by atoms with Crippen LogP contribution in [0.4, 0.5) is 5.69 Å². The number of amides is 1. The van der Waals surface area contributed by atoms with Crippen molar-refractivity contribution in [1.29, 1.82) is 0 Å². The molecule has 196 valence electrons. The largest absolute Gasteiger partial charge is 0.497 e. The highest BCUT2D eigenvalue weighted by molar-refractivity contribution is 6.16. The number of rotatable bonds is 5. The first kappa shape index (κ1) is 24.0. The third kappa shape index (κ3) is 3.24. The summed E-state index contributed by atoms with van der Waals surface area (Å²) in [6.45, 7) is 0. The average Bonchev–Trinajstić information content (AvgIpc) is 3.49. The molecule has 7 rings (SSSR count). The number of hydrogen-bond acceptors (Lipinski definition) is 6. The van der Waals surface area contributed by atoms with Crippen molar-refractivity contribution >= 4 is 29.2 Å². The van der Waals surface area contributed by atoms with E-state index in [4.69, 9.17) is 4.74 Å². The topological polar surface area (TPSA) is 88.6 Å². The van der Waals surface area contributed by atoms with Crippen LogP contribution in [-0.2, 0) is 10.2 Å². The fourth-order valence-corrected chi connectivity index (χ4v) is 6.81. The number of aromatic nitrogens is 1. The second kappa shape index (κ2) is 9.02. The number of pyridine rings is 1. The Morgan fingerprint density at radius 1 is 0.900 bits per heavy atom. The van der Waals surface area contributed by atoms with Crippen molar-refractivity contribution in [3.05, 3.63) is 131 Å². The summed E-state index contributed by atoms with van der Waals surface area (Å²) >= 11 is 0. The maximum Gasteiger partial charge on any atom is 0.238 e. The summed E-state index contributed by atoms with van der Waals surface area (Å²) in [6, 6.07) is 24.0. The standard InChI is InChI=1S/C33H25N3O4/c1-40-23-9-6-8-22(19-23)30(38)28-27(29(37)21-13-16-34-17-14-21)33(25-11-4-5-12-26(25)35-32(33)39)31-24-10-3-2-7-20(24)15-18-36(28)31/h2-19,27-28,31H,1H3,(H,35,39)/t27-,28-,31+,33+/m0/s1. The average molecular weight is 528 g/mol. The van der Waals surface area contributed by atoms with E-state index in [0.717, 1.165) is 11.1 Å². The Labute approximate surface area is 231 Å². The Morgan fingerprint density at radius 2 is 1.68 bits per heavy atom. The van der Waals surface area contributed by atoms with E-state index in [1.54, 1.807) is 55.9 Å². The van der Waals surface area contributed by atoms with Gasteiger partial charge in [-0.15, -0.1) is 0 Å². The Kier molecular flexibility index (Phi) is 5.42. The van der Waals surface area contributed by atoms with Crippen LogP contribution in [0.2, 0.25) is 0 Å². The molecule has 7 heteroatoms. The smallest absolute Gasteiger partial charge is 0.238 e. The van der Waals surface area contributed by atoms with Crippen LogP contribution < -0.4 is 10.1 Å². The number of ketones is 2. The number of Topliss-reactive ketones (excluding diaryl/α,β-unsaturated/α-hetero) is 2. The second-order valence-corrected chi connectivity index (χ2v) is 10.3. The Bertz CT molecular complexity index is 1720. The fourth-order valence-electron chi connectivity index (χ4n) is 6.81. The van der Waals surface area contributed by atoms with Crippen LogP contribution in [0.5, 0.6) is 5.75 Å². The lowest BCUT2D eigenvalue weighted by Gasteiger charge is -2.38. The fraction of sp³-hybridized carbons (Fsp3) is 0.152. The summed E-state index contributed by atoms with van der Waals surface area (Å²) in [7, 11) is 1.55. The molecule has 3 aliphatic heterocycles. The first-order valence-electron chi connectivity index (χ1n) is 13.1. The van der Waals surface area contributed by atoms with Gasteiger partial charge in [0.1, 0.15) is 17.2 Å². The summed E-state index contributed by atoms with van der Waals surface area (Å²) < 4.78 is 5.40. The highest BCUT2D eigenvalue weighted by Gasteiger charge is 2.70. The predicted octanol–water partition coefficient (Wildman–Crippen LogP) is 5.07. The molecule has 4 heterocycles. The molecule has 0 bridgehead atoms. The zero-order valence-electron chi connectivity index (χ0n) is 21.7.